The summed E-state index contributed by atoms with van der Waals surface area (Å²) < 4.78 is 0. The van der Waals surface area contributed by atoms with E-state index in [1.165, 1.54) is 5.56 Å². The Kier molecular flexibility index (Phi) is 5.94. The van der Waals surface area contributed by atoms with Crippen molar-refractivity contribution in [2.75, 3.05) is 45.8 Å². The second kappa shape index (κ2) is 8.15. The molecule has 2 aliphatic heterocycles. The van der Waals surface area contributed by atoms with Crippen LogP contribution in [0, 0.1) is 18.3 Å². The van der Waals surface area contributed by atoms with Crippen molar-refractivity contribution in [1.82, 2.24) is 14.7 Å². The number of thiophene rings is 1. The number of hydrogen-bond donors (Lipinski definition) is 0. The first-order chi connectivity index (χ1) is 11.7. The summed E-state index contributed by atoms with van der Waals surface area (Å²) in [7, 11) is 0. The molecule has 0 aliphatic carbocycles. The van der Waals surface area contributed by atoms with E-state index in [4.69, 9.17) is 6.42 Å². The van der Waals surface area contributed by atoms with Gasteiger partial charge in [0.1, 0.15) is 0 Å². The van der Waals surface area contributed by atoms with Crippen molar-refractivity contribution in [2.24, 2.45) is 5.92 Å². The lowest BCUT2D eigenvalue weighted by Crippen LogP contribution is -2.52. The molecule has 5 heteroatoms. The van der Waals surface area contributed by atoms with Gasteiger partial charge in [-0.25, -0.2) is 0 Å². The minimum absolute atomic E-state index is 0.194. The lowest BCUT2D eigenvalue weighted by atomic mass is 9.95. The SMILES string of the molecule is C#CCN1CCC(C(=O)N2CCN(C(C)c3ccsc3)CC2)CC1. The molecule has 2 saturated heterocycles. The first-order valence-corrected chi connectivity index (χ1v) is 9.84. The topological polar surface area (TPSA) is 26.8 Å². The van der Waals surface area contributed by atoms with Gasteiger partial charge in [-0.15, -0.1) is 6.42 Å². The zero-order chi connectivity index (χ0) is 16.9. The maximum absolute atomic E-state index is 12.8. The Morgan fingerprint density at radius 1 is 1.29 bits per heavy atom. The van der Waals surface area contributed by atoms with E-state index in [-0.39, 0.29) is 5.92 Å². The lowest BCUT2D eigenvalue weighted by Gasteiger charge is -2.40. The van der Waals surface area contributed by atoms with Gasteiger partial charge in [-0.2, -0.15) is 11.3 Å². The van der Waals surface area contributed by atoms with Crippen molar-refractivity contribution >= 4 is 17.2 Å². The van der Waals surface area contributed by atoms with Crippen molar-refractivity contribution < 1.29 is 4.79 Å². The molecule has 1 atom stereocenters. The van der Waals surface area contributed by atoms with E-state index >= 15 is 0 Å². The van der Waals surface area contributed by atoms with Crippen LogP contribution in [-0.2, 0) is 4.79 Å². The molecule has 4 nitrogen and oxygen atoms in total. The van der Waals surface area contributed by atoms with Gasteiger partial charge in [-0.1, -0.05) is 5.92 Å². The number of amides is 1. The van der Waals surface area contributed by atoms with Crippen molar-refractivity contribution in [3.63, 3.8) is 0 Å². The number of nitrogens with zero attached hydrogens (tertiary/aromatic N) is 3. The van der Waals surface area contributed by atoms with Gasteiger partial charge in [0.15, 0.2) is 0 Å². The monoisotopic (exact) mass is 345 g/mol. The highest BCUT2D eigenvalue weighted by molar-refractivity contribution is 7.07. The number of hydrogen-bond acceptors (Lipinski definition) is 4. The molecule has 2 aliphatic rings. The molecule has 0 aromatic carbocycles. The Bertz CT molecular complexity index is 564. The number of piperazine rings is 1. The Morgan fingerprint density at radius 3 is 2.58 bits per heavy atom. The van der Waals surface area contributed by atoms with E-state index in [2.05, 4.69) is 44.4 Å². The van der Waals surface area contributed by atoms with Gasteiger partial charge in [0.2, 0.25) is 5.91 Å². The van der Waals surface area contributed by atoms with E-state index in [1.54, 1.807) is 11.3 Å². The summed E-state index contributed by atoms with van der Waals surface area (Å²) in [4.78, 5) is 19.6. The fraction of sp³-hybridized carbons (Fsp3) is 0.632. The molecular weight excluding hydrogens is 318 g/mol. The molecule has 24 heavy (non-hydrogen) atoms. The van der Waals surface area contributed by atoms with E-state index in [9.17, 15) is 4.79 Å². The van der Waals surface area contributed by atoms with Gasteiger partial charge in [0.25, 0.3) is 0 Å². The third-order valence-corrected chi connectivity index (χ3v) is 6.15. The maximum atomic E-state index is 12.8. The number of piperidine rings is 1. The van der Waals surface area contributed by atoms with Crippen LogP contribution in [0.4, 0.5) is 0 Å². The summed E-state index contributed by atoms with van der Waals surface area (Å²) in [6.45, 7) is 8.54. The molecule has 0 radical (unpaired) electrons. The van der Waals surface area contributed by atoms with Crippen molar-refractivity contribution in [2.45, 2.75) is 25.8 Å². The van der Waals surface area contributed by atoms with Crippen LogP contribution in [0.5, 0.6) is 0 Å². The van der Waals surface area contributed by atoms with Crippen LogP contribution in [0.2, 0.25) is 0 Å². The molecule has 3 rings (SSSR count). The highest BCUT2D eigenvalue weighted by Gasteiger charge is 2.31. The second-order valence-corrected chi connectivity index (χ2v) is 7.63. The first-order valence-electron chi connectivity index (χ1n) is 8.90. The molecule has 0 bridgehead atoms. The average Bonchev–Trinajstić information content (AvgIpc) is 3.16. The highest BCUT2D eigenvalue weighted by Crippen LogP contribution is 2.25. The van der Waals surface area contributed by atoms with E-state index < -0.39 is 0 Å². The summed E-state index contributed by atoms with van der Waals surface area (Å²) in [5.74, 6) is 3.25. The van der Waals surface area contributed by atoms with Crippen molar-refractivity contribution in [1.29, 1.82) is 0 Å². The average molecular weight is 346 g/mol. The van der Waals surface area contributed by atoms with Crippen molar-refractivity contribution in [3.8, 4) is 12.3 Å². The fourth-order valence-corrected chi connectivity index (χ4v) is 4.53. The number of carbonyl (C=O) groups excluding carboxylic acids is 1. The first kappa shape index (κ1) is 17.5. The van der Waals surface area contributed by atoms with Gasteiger partial charge in [-0.05, 0) is 55.2 Å². The molecule has 2 fully saturated rings. The number of terminal acetylenes is 1. The Morgan fingerprint density at radius 2 is 2.00 bits per heavy atom. The molecule has 130 valence electrons. The van der Waals surface area contributed by atoms with Gasteiger partial charge < -0.3 is 4.90 Å². The minimum atomic E-state index is 0.194. The van der Waals surface area contributed by atoms with Crippen LogP contribution in [0.3, 0.4) is 0 Å². The van der Waals surface area contributed by atoms with Crippen LogP contribution in [0.25, 0.3) is 0 Å². The number of rotatable bonds is 4. The number of likely N-dealkylation sites (tertiary alicyclic amines) is 1. The number of carbonyl (C=O) groups is 1. The normalized spacial score (nSPS) is 22.2. The van der Waals surface area contributed by atoms with Crippen LogP contribution in [-0.4, -0.2) is 66.4 Å². The Labute approximate surface area is 149 Å². The van der Waals surface area contributed by atoms with Crippen LogP contribution in [0.15, 0.2) is 16.8 Å². The summed E-state index contributed by atoms with van der Waals surface area (Å²) in [5, 5.41) is 4.37. The van der Waals surface area contributed by atoms with Gasteiger partial charge in [0.05, 0.1) is 6.54 Å². The van der Waals surface area contributed by atoms with Gasteiger partial charge >= 0.3 is 0 Å². The standard InChI is InChI=1S/C19H27N3OS/c1-3-7-20-8-4-17(5-9-20)19(23)22-12-10-21(11-13-22)16(2)18-6-14-24-15-18/h1,6,14-17H,4-5,7-13H2,2H3. The van der Waals surface area contributed by atoms with Crippen LogP contribution in [0.1, 0.15) is 31.4 Å². The van der Waals surface area contributed by atoms with Crippen LogP contribution >= 0.6 is 11.3 Å². The molecular formula is C19H27N3OS. The predicted molar refractivity (Wildman–Crippen MR) is 98.9 cm³/mol. The minimum Gasteiger partial charge on any atom is -0.340 e. The largest absolute Gasteiger partial charge is 0.340 e. The summed E-state index contributed by atoms with van der Waals surface area (Å²) in [5.41, 5.74) is 1.39. The lowest BCUT2D eigenvalue weighted by molar-refractivity contribution is -0.139. The molecule has 1 amide bonds. The summed E-state index contributed by atoms with van der Waals surface area (Å²) >= 11 is 1.75. The van der Waals surface area contributed by atoms with Crippen molar-refractivity contribution in [3.05, 3.63) is 22.4 Å². The zero-order valence-electron chi connectivity index (χ0n) is 14.5. The Balaban J connectivity index is 1.46. The predicted octanol–water partition coefficient (Wildman–Crippen LogP) is 2.30. The molecule has 1 aromatic rings. The summed E-state index contributed by atoms with van der Waals surface area (Å²) in [6.07, 6.45) is 7.27. The van der Waals surface area contributed by atoms with Crippen LogP contribution < -0.4 is 0 Å². The highest BCUT2D eigenvalue weighted by atomic mass is 32.1. The van der Waals surface area contributed by atoms with E-state index in [0.717, 1.165) is 52.1 Å². The third kappa shape index (κ3) is 4.00. The maximum Gasteiger partial charge on any atom is 0.225 e. The molecule has 0 spiro atoms. The second-order valence-electron chi connectivity index (χ2n) is 6.85. The smallest absolute Gasteiger partial charge is 0.225 e. The molecule has 3 heterocycles. The Hall–Kier alpha value is -1.35. The summed E-state index contributed by atoms with van der Waals surface area (Å²) in [6, 6.07) is 2.65. The quantitative estimate of drug-likeness (QED) is 0.784. The van der Waals surface area contributed by atoms with Gasteiger partial charge in [-0.3, -0.25) is 14.6 Å². The molecule has 1 unspecified atom stereocenters. The van der Waals surface area contributed by atoms with E-state index in [0.29, 0.717) is 18.5 Å². The molecule has 0 N–H and O–H groups in total. The van der Waals surface area contributed by atoms with Gasteiger partial charge in [0, 0.05) is 38.1 Å². The third-order valence-electron chi connectivity index (χ3n) is 5.45. The zero-order valence-corrected chi connectivity index (χ0v) is 15.3. The molecule has 0 saturated carbocycles. The van der Waals surface area contributed by atoms with E-state index in [1.807, 2.05) is 0 Å². The fourth-order valence-electron chi connectivity index (χ4n) is 3.78. The molecule has 1 aromatic heterocycles.